The van der Waals surface area contributed by atoms with Gasteiger partial charge in [-0.25, -0.2) is 9.78 Å². The molecule has 3 aromatic heterocycles. The Balaban J connectivity index is 1.15. The van der Waals surface area contributed by atoms with Gasteiger partial charge in [0.05, 0.1) is 27.9 Å². The van der Waals surface area contributed by atoms with E-state index in [4.69, 9.17) is 37.7 Å². The Morgan fingerprint density at radius 1 is 1.13 bits per heavy atom. The quantitative estimate of drug-likeness (QED) is 0.303. The number of benzene rings is 1. The molecule has 202 valence electrons. The van der Waals surface area contributed by atoms with E-state index in [1.54, 1.807) is 11.1 Å². The van der Waals surface area contributed by atoms with Crippen molar-refractivity contribution in [2.24, 2.45) is 5.41 Å². The second-order valence-electron chi connectivity index (χ2n) is 10.3. The summed E-state index contributed by atoms with van der Waals surface area (Å²) in [4.78, 5) is 24.8. The zero-order valence-corrected chi connectivity index (χ0v) is 23.4. The molecule has 9 nitrogen and oxygen atoms in total. The van der Waals surface area contributed by atoms with Crippen LogP contribution in [0.25, 0.3) is 22.2 Å². The summed E-state index contributed by atoms with van der Waals surface area (Å²) in [7, 11) is 0. The third kappa shape index (κ3) is 4.63. The largest absolute Gasteiger partial charge is 0.486 e. The fourth-order valence-corrected chi connectivity index (χ4v) is 6.10. The number of hydrogen-bond donors (Lipinski definition) is 1. The third-order valence-electron chi connectivity index (χ3n) is 7.41. The normalized spacial score (nSPS) is 16.6. The molecule has 1 aromatic carbocycles. The maximum Gasteiger partial charge on any atom is 0.409 e. The molecule has 1 amide bonds. The lowest BCUT2D eigenvalue weighted by molar-refractivity contribution is -0.0196. The Morgan fingerprint density at radius 3 is 2.64 bits per heavy atom. The molecule has 2 saturated heterocycles. The highest BCUT2D eigenvalue weighted by atomic mass is 35.5. The van der Waals surface area contributed by atoms with Gasteiger partial charge in [0.2, 0.25) is 0 Å². The van der Waals surface area contributed by atoms with Gasteiger partial charge in [-0.15, -0.1) is 0 Å². The predicted molar refractivity (Wildman–Crippen MR) is 151 cm³/mol. The summed E-state index contributed by atoms with van der Waals surface area (Å²) in [6, 6.07) is 9.84. The van der Waals surface area contributed by atoms with Crippen molar-refractivity contribution >= 4 is 46.0 Å². The highest BCUT2D eigenvalue weighted by Crippen LogP contribution is 2.42. The van der Waals surface area contributed by atoms with Crippen LogP contribution >= 0.6 is 23.2 Å². The van der Waals surface area contributed by atoms with Crippen LogP contribution in [0.2, 0.25) is 10.0 Å². The van der Waals surface area contributed by atoms with E-state index in [9.17, 15) is 4.79 Å². The van der Waals surface area contributed by atoms with Crippen molar-refractivity contribution in [2.45, 2.75) is 26.9 Å². The number of fused-ring (bicyclic) bond motifs is 1. The molecule has 0 unspecified atom stereocenters. The number of nitrogens with one attached hydrogen (secondary N) is 1. The molecule has 0 bridgehead atoms. The number of pyridine rings is 2. The Hall–Kier alpha value is -3.56. The van der Waals surface area contributed by atoms with Gasteiger partial charge in [0.25, 0.3) is 0 Å². The number of hydrogen-bond acceptors (Lipinski definition) is 7. The third-order valence-corrected chi connectivity index (χ3v) is 8.19. The number of likely N-dealkylation sites (tertiary alicyclic amines) is 1. The number of rotatable bonds is 6. The summed E-state index contributed by atoms with van der Waals surface area (Å²) < 4.78 is 11.3. The molecule has 5 heterocycles. The highest BCUT2D eigenvalue weighted by Gasteiger charge is 2.54. The van der Waals surface area contributed by atoms with Gasteiger partial charge in [0, 0.05) is 60.5 Å². The first-order valence-electron chi connectivity index (χ1n) is 12.9. The van der Waals surface area contributed by atoms with Crippen LogP contribution in [0.4, 0.5) is 10.6 Å². The smallest absolute Gasteiger partial charge is 0.409 e. The van der Waals surface area contributed by atoms with E-state index >= 15 is 0 Å². The summed E-state index contributed by atoms with van der Waals surface area (Å²) in [6.45, 7) is 9.21. The lowest BCUT2D eigenvalue weighted by Gasteiger charge is -2.59. The number of anilines is 1. The van der Waals surface area contributed by atoms with E-state index in [1.807, 2.05) is 57.3 Å². The number of ether oxygens (including phenoxy) is 2. The van der Waals surface area contributed by atoms with Crippen LogP contribution in [0, 0.1) is 12.3 Å². The molecule has 1 atom stereocenters. The first kappa shape index (κ1) is 25.7. The van der Waals surface area contributed by atoms with Gasteiger partial charge in [-0.05, 0) is 51.1 Å². The molecule has 2 fully saturated rings. The van der Waals surface area contributed by atoms with Crippen LogP contribution in [0.3, 0.4) is 0 Å². The molecule has 39 heavy (non-hydrogen) atoms. The zero-order chi connectivity index (χ0) is 27.3. The van der Waals surface area contributed by atoms with Gasteiger partial charge < -0.3 is 19.3 Å². The van der Waals surface area contributed by atoms with Gasteiger partial charge in [0.1, 0.15) is 23.4 Å². The van der Waals surface area contributed by atoms with Gasteiger partial charge in [-0.2, -0.15) is 5.10 Å². The number of carbonyl (C=O) groups is 1. The molecular formula is C28H28Cl2N6O3. The van der Waals surface area contributed by atoms with Gasteiger partial charge in [0.15, 0.2) is 0 Å². The SMILES string of the molecule is CCOC(=O)N1CC2(C1)CN(c1ccc(-c3n[nH]c4ccc(O[C@H](C)c5c(Cl)cnc(C)c5Cl)cc34)cn1)C2. The van der Waals surface area contributed by atoms with Gasteiger partial charge >= 0.3 is 6.09 Å². The van der Waals surface area contributed by atoms with E-state index in [0.29, 0.717) is 33.7 Å². The zero-order valence-electron chi connectivity index (χ0n) is 21.9. The van der Waals surface area contributed by atoms with E-state index in [0.717, 1.165) is 54.2 Å². The summed E-state index contributed by atoms with van der Waals surface area (Å²) in [5, 5.41) is 9.54. The molecule has 0 saturated carbocycles. The molecule has 4 aromatic rings. The number of carbonyl (C=O) groups excluding carboxylic acids is 1. The Morgan fingerprint density at radius 2 is 1.92 bits per heavy atom. The molecular weight excluding hydrogens is 539 g/mol. The molecule has 1 spiro atoms. The summed E-state index contributed by atoms with van der Waals surface area (Å²) in [5.74, 6) is 1.59. The number of nitrogens with zero attached hydrogens (tertiary/aromatic N) is 5. The second-order valence-corrected chi connectivity index (χ2v) is 11.1. The minimum absolute atomic E-state index is 0.155. The van der Waals surface area contributed by atoms with Crippen molar-refractivity contribution in [2.75, 3.05) is 37.7 Å². The van der Waals surface area contributed by atoms with E-state index < -0.39 is 0 Å². The van der Waals surface area contributed by atoms with Crippen molar-refractivity contribution in [3.05, 3.63) is 64.0 Å². The average molecular weight is 567 g/mol. The molecule has 1 N–H and O–H groups in total. The van der Waals surface area contributed by atoms with Crippen LogP contribution in [0.5, 0.6) is 5.75 Å². The van der Waals surface area contributed by atoms with Crippen LogP contribution in [0.15, 0.2) is 42.7 Å². The van der Waals surface area contributed by atoms with Crippen LogP contribution in [-0.4, -0.2) is 63.9 Å². The second kappa shape index (κ2) is 9.88. The van der Waals surface area contributed by atoms with Crippen molar-refractivity contribution < 1.29 is 14.3 Å². The maximum absolute atomic E-state index is 11.9. The Kier molecular flexibility index (Phi) is 6.51. The topological polar surface area (TPSA) is 96.5 Å². The number of H-pyrrole nitrogens is 1. The van der Waals surface area contributed by atoms with E-state index in [1.165, 1.54) is 0 Å². The molecule has 6 rings (SSSR count). The standard InChI is InChI=1S/C28H28Cl2N6O3/c1-4-38-27(37)36-14-28(15-36)12-35(13-28)23-8-5-18(10-32-23)26-20-9-19(6-7-22(20)33-34-26)39-17(3)24-21(29)11-31-16(2)25(24)30/h5-11,17H,4,12-15H2,1-3H3,(H,33,34)/t17-/m1/s1. The van der Waals surface area contributed by atoms with Gasteiger partial charge in [-0.1, -0.05) is 23.2 Å². The van der Waals surface area contributed by atoms with E-state index in [-0.39, 0.29) is 17.6 Å². The van der Waals surface area contributed by atoms with Gasteiger partial charge in [-0.3, -0.25) is 10.1 Å². The molecule has 0 radical (unpaired) electrons. The average Bonchev–Trinajstić information content (AvgIpc) is 3.29. The number of aryl methyl sites for hydroxylation is 1. The fraction of sp³-hybridized carbons (Fsp3) is 0.357. The molecule has 0 aliphatic carbocycles. The van der Waals surface area contributed by atoms with Crippen molar-refractivity contribution in [3.8, 4) is 17.0 Å². The number of aromatic nitrogens is 4. The lowest BCUT2D eigenvalue weighted by Crippen LogP contribution is -2.73. The fourth-order valence-electron chi connectivity index (χ4n) is 5.45. The van der Waals surface area contributed by atoms with Crippen molar-refractivity contribution in [1.29, 1.82) is 0 Å². The minimum atomic E-state index is -0.375. The number of amides is 1. The Bertz CT molecular complexity index is 1540. The van der Waals surface area contributed by atoms with E-state index in [2.05, 4.69) is 20.1 Å². The van der Waals surface area contributed by atoms with Crippen molar-refractivity contribution in [3.63, 3.8) is 0 Å². The first-order chi connectivity index (χ1) is 18.8. The van der Waals surface area contributed by atoms with Crippen molar-refractivity contribution in [1.82, 2.24) is 25.1 Å². The summed E-state index contributed by atoms with van der Waals surface area (Å²) in [5.41, 5.74) is 4.16. The summed E-state index contributed by atoms with van der Waals surface area (Å²) in [6.07, 6.45) is 2.84. The van der Waals surface area contributed by atoms with Crippen LogP contribution in [-0.2, 0) is 4.74 Å². The predicted octanol–water partition coefficient (Wildman–Crippen LogP) is 6.05. The first-order valence-corrected chi connectivity index (χ1v) is 13.6. The Labute approximate surface area is 236 Å². The monoisotopic (exact) mass is 566 g/mol. The maximum atomic E-state index is 11.9. The van der Waals surface area contributed by atoms with Crippen LogP contribution < -0.4 is 9.64 Å². The summed E-state index contributed by atoms with van der Waals surface area (Å²) >= 11 is 12.9. The minimum Gasteiger partial charge on any atom is -0.486 e. The number of aromatic amines is 1. The molecule has 11 heteroatoms. The van der Waals surface area contributed by atoms with Crippen LogP contribution in [0.1, 0.15) is 31.2 Å². The highest BCUT2D eigenvalue weighted by molar-refractivity contribution is 6.36. The number of halogens is 2. The lowest BCUT2D eigenvalue weighted by atomic mass is 9.73. The molecule has 2 aliphatic rings. The molecule has 2 aliphatic heterocycles.